The summed E-state index contributed by atoms with van der Waals surface area (Å²) in [4.78, 5) is 14.8. The number of amides is 1. The number of carbonyl (C=O) groups is 1. The van der Waals surface area contributed by atoms with E-state index < -0.39 is 0 Å². The maximum absolute atomic E-state index is 12.6. The molecule has 1 heterocycles. The predicted octanol–water partition coefficient (Wildman–Crippen LogP) is 3.65. The average Bonchev–Trinajstić information content (AvgIpc) is 3.02. The number of aryl methyl sites for hydroxylation is 1. The molecule has 1 N–H and O–H groups in total. The van der Waals surface area contributed by atoms with Crippen molar-refractivity contribution in [3.63, 3.8) is 0 Å². The average molecular weight is 369 g/mol. The maximum atomic E-state index is 12.6. The summed E-state index contributed by atoms with van der Waals surface area (Å²) < 4.78 is 2.06. The smallest absolute Gasteiger partial charge is 0.234 e. The number of carbonyl (C=O) groups excluding carboxylic acids is 1. The van der Waals surface area contributed by atoms with Crippen molar-refractivity contribution in [1.82, 2.24) is 20.0 Å². The Morgan fingerprint density at radius 2 is 2.00 bits per heavy atom. The zero-order chi connectivity index (χ0) is 19.6. The zero-order valence-corrected chi connectivity index (χ0v) is 17.2. The van der Waals surface area contributed by atoms with E-state index in [0.29, 0.717) is 6.54 Å². The molecule has 1 aromatic heterocycles. The van der Waals surface area contributed by atoms with Crippen LogP contribution in [0.2, 0.25) is 0 Å². The Hall–Kier alpha value is -2.14. The van der Waals surface area contributed by atoms with Gasteiger partial charge >= 0.3 is 0 Å². The van der Waals surface area contributed by atoms with Gasteiger partial charge in [0, 0.05) is 5.56 Å². The molecule has 1 atom stereocenters. The van der Waals surface area contributed by atoms with Crippen LogP contribution in [0.15, 0.2) is 30.5 Å². The summed E-state index contributed by atoms with van der Waals surface area (Å²) in [7, 11) is 0. The number of hydrogen-bond donors (Lipinski definition) is 1. The molecule has 146 valence electrons. The van der Waals surface area contributed by atoms with Crippen LogP contribution in [0.3, 0.4) is 0 Å². The molecular formula is C22H32N4O. The minimum absolute atomic E-state index is 0.0181. The van der Waals surface area contributed by atoms with Crippen molar-refractivity contribution in [3.05, 3.63) is 47.3 Å². The number of para-hydroxylation sites is 1. The molecule has 0 radical (unpaired) electrons. The van der Waals surface area contributed by atoms with E-state index in [9.17, 15) is 4.79 Å². The number of rotatable bonds is 6. The normalized spacial score (nSPS) is 18.4. The number of fused-ring (bicyclic) bond motifs is 1. The van der Waals surface area contributed by atoms with Crippen molar-refractivity contribution < 1.29 is 4.79 Å². The van der Waals surface area contributed by atoms with E-state index in [1.54, 1.807) is 0 Å². The van der Waals surface area contributed by atoms with E-state index in [-0.39, 0.29) is 17.4 Å². The van der Waals surface area contributed by atoms with Crippen molar-refractivity contribution in [1.29, 1.82) is 0 Å². The van der Waals surface area contributed by atoms with Gasteiger partial charge in [-0.2, -0.15) is 5.10 Å². The number of benzene rings is 1. The fourth-order valence-electron chi connectivity index (χ4n) is 4.07. The molecule has 3 rings (SSSR count). The number of likely N-dealkylation sites (N-methyl/N-ethyl adjacent to an activating group) is 1. The first-order chi connectivity index (χ1) is 12.8. The Balaban J connectivity index is 1.90. The quantitative estimate of drug-likeness (QED) is 0.847. The lowest BCUT2D eigenvalue weighted by Gasteiger charge is -2.36. The Morgan fingerprint density at radius 3 is 2.67 bits per heavy atom. The fourth-order valence-corrected chi connectivity index (χ4v) is 4.07. The van der Waals surface area contributed by atoms with Crippen molar-refractivity contribution in [3.8, 4) is 5.69 Å². The monoisotopic (exact) mass is 368 g/mol. The highest BCUT2D eigenvalue weighted by Crippen LogP contribution is 2.41. The second-order valence-corrected chi connectivity index (χ2v) is 8.37. The third-order valence-corrected chi connectivity index (χ3v) is 5.62. The topological polar surface area (TPSA) is 50.2 Å². The van der Waals surface area contributed by atoms with Crippen LogP contribution in [0.5, 0.6) is 0 Å². The molecule has 0 saturated carbocycles. The lowest BCUT2D eigenvalue weighted by atomic mass is 9.74. The summed E-state index contributed by atoms with van der Waals surface area (Å²) in [6, 6.07) is 8.34. The fraction of sp³-hybridized carbons (Fsp3) is 0.545. The highest BCUT2D eigenvalue weighted by Gasteiger charge is 2.36. The minimum atomic E-state index is 0.0181. The van der Waals surface area contributed by atoms with Gasteiger partial charge in [-0.15, -0.1) is 0 Å². The molecule has 0 spiro atoms. The van der Waals surface area contributed by atoms with Crippen molar-refractivity contribution in [2.45, 2.75) is 53.5 Å². The molecule has 1 aromatic carbocycles. The molecule has 0 unspecified atom stereocenters. The van der Waals surface area contributed by atoms with Crippen LogP contribution in [-0.2, 0) is 11.2 Å². The summed E-state index contributed by atoms with van der Waals surface area (Å²) in [5, 5.41) is 7.98. The summed E-state index contributed by atoms with van der Waals surface area (Å²) in [6.45, 7) is 13.1. The Labute approximate surface area is 162 Å². The molecule has 27 heavy (non-hydrogen) atoms. The first-order valence-corrected chi connectivity index (χ1v) is 9.99. The van der Waals surface area contributed by atoms with Gasteiger partial charge in [-0.25, -0.2) is 4.68 Å². The van der Waals surface area contributed by atoms with Crippen molar-refractivity contribution in [2.24, 2.45) is 5.41 Å². The lowest BCUT2D eigenvalue weighted by Crippen LogP contribution is -2.41. The number of nitrogens with one attached hydrogen (secondary N) is 1. The Morgan fingerprint density at radius 1 is 1.30 bits per heavy atom. The second-order valence-electron chi connectivity index (χ2n) is 8.37. The summed E-state index contributed by atoms with van der Waals surface area (Å²) >= 11 is 0. The maximum Gasteiger partial charge on any atom is 0.234 e. The number of nitrogens with zero attached hydrogens (tertiary/aromatic N) is 3. The van der Waals surface area contributed by atoms with Crippen LogP contribution in [0.25, 0.3) is 5.69 Å². The van der Waals surface area contributed by atoms with Gasteiger partial charge in [-0.1, -0.05) is 45.9 Å². The minimum Gasteiger partial charge on any atom is -0.348 e. The molecule has 1 amide bonds. The largest absolute Gasteiger partial charge is 0.348 e. The van der Waals surface area contributed by atoms with E-state index in [1.165, 1.54) is 11.3 Å². The van der Waals surface area contributed by atoms with Crippen molar-refractivity contribution in [2.75, 3.05) is 19.6 Å². The molecule has 0 saturated heterocycles. The standard InChI is InChI=1S/C22H32N4O/c1-6-25(7-2)15-21(27)24-18-12-22(4,5)13-20-17(18)14-23-26(20)19-11-9-8-10-16(19)3/h8-11,14,18H,6-7,12-13,15H2,1-5H3,(H,24,27)/t18-/m0/s1. The van der Waals surface area contributed by atoms with E-state index in [2.05, 4.69) is 67.7 Å². The molecule has 0 fully saturated rings. The van der Waals surface area contributed by atoms with Crippen LogP contribution in [0.4, 0.5) is 0 Å². The third-order valence-electron chi connectivity index (χ3n) is 5.62. The third kappa shape index (κ3) is 4.24. The second kappa shape index (κ2) is 7.85. The number of hydrogen-bond acceptors (Lipinski definition) is 3. The van der Waals surface area contributed by atoms with Crippen LogP contribution in [0, 0.1) is 12.3 Å². The lowest BCUT2D eigenvalue weighted by molar-refractivity contribution is -0.123. The zero-order valence-electron chi connectivity index (χ0n) is 17.2. The predicted molar refractivity (Wildman–Crippen MR) is 109 cm³/mol. The molecule has 5 heteroatoms. The van der Waals surface area contributed by atoms with Gasteiger partial charge in [0.15, 0.2) is 0 Å². The van der Waals surface area contributed by atoms with E-state index in [0.717, 1.165) is 37.2 Å². The van der Waals surface area contributed by atoms with Crippen LogP contribution in [-0.4, -0.2) is 40.2 Å². The van der Waals surface area contributed by atoms with Gasteiger partial charge in [-0.05, 0) is 49.9 Å². The molecule has 0 aliphatic heterocycles. The van der Waals surface area contributed by atoms with Crippen molar-refractivity contribution >= 4 is 5.91 Å². The van der Waals surface area contributed by atoms with Gasteiger partial charge in [0.25, 0.3) is 0 Å². The molecular weight excluding hydrogens is 336 g/mol. The van der Waals surface area contributed by atoms with E-state index in [4.69, 9.17) is 5.10 Å². The van der Waals surface area contributed by atoms with Crippen LogP contribution < -0.4 is 5.32 Å². The van der Waals surface area contributed by atoms with Gasteiger partial charge < -0.3 is 5.32 Å². The molecule has 2 aromatic rings. The van der Waals surface area contributed by atoms with E-state index in [1.807, 2.05) is 12.3 Å². The van der Waals surface area contributed by atoms with Gasteiger partial charge in [0.2, 0.25) is 5.91 Å². The molecule has 1 aliphatic carbocycles. The number of aromatic nitrogens is 2. The van der Waals surface area contributed by atoms with Gasteiger partial charge in [0.05, 0.1) is 30.2 Å². The van der Waals surface area contributed by atoms with Crippen LogP contribution >= 0.6 is 0 Å². The first-order valence-electron chi connectivity index (χ1n) is 9.99. The molecule has 5 nitrogen and oxygen atoms in total. The summed E-state index contributed by atoms with van der Waals surface area (Å²) in [5.74, 6) is 0.0935. The molecule has 0 bridgehead atoms. The Kier molecular flexibility index (Phi) is 5.70. The van der Waals surface area contributed by atoms with Gasteiger partial charge in [0.1, 0.15) is 0 Å². The molecule has 1 aliphatic rings. The highest BCUT2D eigenvalue weighted by atomic mass is 16.2. The van der Waals surface area contributed by atoms with Crippen LogP contribution in [0.1, 0.15) is 57.0 Å². The summed E-state index contributed by atoms with van der Waals surface area (Å²) in [6.07, 6.45) is 3.84. The van der Waals surface area contributed by atoms with Gasteiger partial charge in [-0.3, -0.25) is 9.69 Å². The highest BCUT2D eigenvalue weighted by molar-refractivity contribution is 5.78. The first kappa shape index (κ1) is 19.6. The Bertz CT molecular complexity index is 804. The summed E-state index contributed by atoms with van der Waals surface area (Å²) in [5.41, 5.74) is 4.80. The SMILES string of the molecule is CCN(CC)CC(=O)N[C@H]1CC(C)(C)Cc2c1cnn2-c1ccccc1C. The van der Waals surface area contributed by atoms with E-state index >= 15 is 0 Å².